The number of nitrogens with one attached hydrogen (secondary N) is 1. The number of methoxy groups -OCH3 is 1. The average molecular weight is 442 g/mol. The van der Waals surface area contributed by atoms with Gasteiger partial charge in [0.2, 0.25) is 0 Å². The lowest BCUT2D eigenvalue weighted by Gasteiger charge is -2.23. The quantitative estimate of drug-likeness (QED) is 0.602. The molecule has 1 aliphatic heterocycles. The van der Waals surface area contributed by atoms with Crippen LogP contribution in [-0.4, -0.2) is 42.1 Å². The van der Waals surface area contributed by atoms with E-state index in [4.69, 9.17) is 9.15 Å². The van der Waals surface area contributed by atoms with Gasteiger partial charge in [-0.15, -0.1) is 0 Å². The number of carbonyl (C=O) groups excluding carboxylic acids is 1. The van der Waals surface area contributed by atoms with Crippen molar-refractivity contribution in [2.75, 3.05) is 26.7 Å². The van der Waals surface area contributed by atoms with Crippen molar-refractivity contribution in [3.05, 3.63) is 63.5 Å². The molecule has 0 fully saturated rings. The minimum absolute atomic E-state index is 0.127. The zero-order chi connectivity index (χ0) is 23.1. The smallest absolute Gasteiger partial charge is 0.257 e. The Morgan fingerprint density at radius 3 is 2.81 bits per heavy atom. The molecule has 1 amide bonds. The van der Waals surface area contributed by atoms with Gasteiger partial charge < -0.3 is 23.9 Å². The van der Waals surface area contributed by atoms with Gasteiger partial charge in [0.15, 0.2) is 0 Å². The fraction of sp³-hybridized carbons (Fsp3) is 0.520. The van der Waals surface area contributed by atoms with Crippen molar-refractivity contribution < 1.29 is 13.9 Å². The van der Waals surface area contributed by atoms with Crippen molar-refractivity contribution in [3.8, 4) is 5.75 Å². The molecular weight excluding hydrogens is 406 g/mol. The van der Waals surface area contributed by atoms with Crippen LogP contribution in [0.3, 0.4) is 0 Å². The number of fused-ring (bicyclic) bond motifs is 1. The minimum atomic E-state index is -0.259. The molecule has 0 spiro atoms. The lowest BCUT2D eigenvalue weighted by atomic mass is 10.0. The highest BCUT2D eigenvalue weighted by Crippen LogP contribution is 2.23. The second kappa shape index (κ2) is 11.2. The molecule has 1 atom stereocenters. The van der Waals surface area contributed by atoms with Crippen LogP contribution in [-0.2, 0) is 19.5 Å². The van der Waals surface area contributed by atoms with Crippen LogP contribution in [0.25, 0.3) is 0 Å². The van der Waals surface area contributed by atoms with Crippen LogP contribution in [0.4, 0.5) is 0 Å². The SMILES string of the molecule is COc1cc(=O)n2c(c1C(=O)NCc1ccco1)CCN(CC(C)CCC=C(C)C)CC2. The molecule has 0 saturated carbocycles. The van der Waals surface area contributed by atoms with Gasteiger partial charge in [-0.05, 0) is 44.7 Å². The Labute approximate surface area is 190 Å². The molecular formula is C25H35N3O4. The zero-order valence-electron chi connectivity index (χ0n) is 19.6. The maximum atomic E-state index is 13.1. The van der Waals surface area contributed by atoms with Crippen LogP contribution in [0, 0.1) is 5.92 Å². The van der Waals surface area contributed by atoms with Crippen molar-refractivity contribution in [3.63, 3.8) is 0 Å². The van der Waals surface area contributed by atoms with E-state index in [1.165, 1.54) is 18.7 Å². The lowest BCUT2D eigenvalue weighted by Crippen LogP contribution is -2.32. The van der Waals surface area contributed by atoms with E-state index in [1.807, 2.05) is 6.07 Å². The highest BCUT2D eigenvalue weighted by Gasteiger charge is 2.25. The van der Waals surface area contributed by atoms with Crippen LogP contribution < -0.4 is 15.6 Å². The van der Waals surface area contributed by atoms with Gasteiger partial charge >= 0.3 is 0 Å². The molecule has 2 aromatic heterocycles. The molecule has 0 aromatic carbocycles. The summed E-state index contributed by atoms with van der Waals surface area (Å²) in [6.45, 7) is 9.96. The molecule has 32 heavy (non-hydrogen) atoms. The van der Waals surface area contributed by atoms with E-state index in [1.54, 1.807) is 16.9 Å². The molecule has 1 aliphatic rings. The standard InChI is InChI=1S/C25H35N3O4/c1-18(2)7-5-8-19(3)17-27-11-10-21-24(25(30)26-16-20-9-6-14-32-20)22(31-4)15-23(29)28(21)13-12-27/h6-7,9,14-15,19H,5,8,10-13,16-17H2,1-4H3,(H,26,30). The Morgan fingerprint density at radius 2 is 2.12 bits per heavy atom. The van der Waals surface area contributed by atoms with Crippen molar-refractivity contribution in [1.29, 1.82) is 0 Å². The Morgan fingerprint density at radius 1 is 1.31 bits per heavy atom. The van der Waals surface area contributed by atoms with Gasteiger partial charge in [0.25, 0.3) is 11.5 Å². The largest absolute Gasteiger partial charge is 0.496 e. The first-order valence-electron chi connectivity index (χ1n) is 11.4. The molecule has 0 aliphatic carbocycles. The van der Waals surface area contributed by atoms with E-state index in [9.17, 15) is 9.59 Å². The van der Waals surface area contributed by atoms with Crippen LogP contribution in [0.1, 0.15) is 55.4 Å². The monoisotopic (exact) mass is 441 g/mol. The Kier molecular flexibility index (Phi) is 8.33. The predicted molar refractivity (Wildman–Crippen MR) is 125 cm³/mol. The minimum Gasteiger partial charge on any atom is -0.496 e. The number of aromatic nitrogens is 1. The molecule has 0 radical (unpaired) electrons. The number of pyridine rings is 1. The maximum absolute atomic E-state index is 13.1. The van der Waals surface area contributed by atoms with Crippen LogP contribution in [0.2, 0.25) is 0 Å². The van der Waals surface area contributed by atoms with E-state index in [2.05, 4.69) is 37.1 Å². The number of furan rings is 1. The normalized spacial score (nSPS) is 14.9. The van der Waals surface area contributed by atoms with Gasteiger partial charge in [-0.1, -0.05) is 18.6 Å². The lowest BCUT2D eigenvalue weighted by molar-refractivity contribution is 0.0942. The third kappa shape index (κ3) is 6.13. The van der Waals surface area contributed by atoms with Crippen LogP contribution in [0.5, 0.6) is 5.75 Å². The van der Waals surface area contributed by atoms with Crippen molar-refractivity contribution in [1.82, 2.24) is 14.8 Å². The predicted octanol–water partition coefficient (Wildman–Crippen LogP) is 3.62. The molecule has 3 heterocycles. The first-order valence-corrected chi connectivity index (χ1v) is 11.4. The van der Waals surface area contributed by atoms with E-state index in [0.717, 1.165) is 38.2 Å². The summed E-state index contributed by atoms with van der Waals surface area (Å²) in [5.41, 5.74) is 2.41. The first-order chi connectivity index (χ1) is 15.4. The number of rotatable bonds is 9. The molecule has 3 rings (SSSR count). The Hall–Kier alpha value is -2.80. The molecule has 0 bridgehead atoms. The third-order valence-corrected chi connectivity index (χ3v) is 5.92. The van der Waals surface area contributed by atoms with Crippen molar-refractivity contribution >= 4 is 5.91 Å². The van der Waals surface area contributed by atoms with Gasteiger partial charge in [-0.3, -0.25) is 9.59 Å². The van der Waals surface area contributed by atoms with Crippen LogP contribution in [0.15, 0.2) is 45.3 Å². The number of carbonyl (C=O) groups is 1. The topological polar surface area (TPSA) is 76.7 Å². The van der Waals surface area contributed by atoms with Crippen molar-refractivity contribution in [2.45, 2.75) is 53.1 Å². The summed E-state index contributed by atoms with van der Waals surface area (Å²) < 4.78 is 12.5. The molecule has 0 saturated heterocycles. The summed E-state index contributed by atoms with van der Waals surface area (Å²) in [5, 5.41) is 2.89. The molecule has 1 N–H and O–H groups in total. The van der Waals surface area contributed by atoms with Gasteiger partial charge in [-0.25, -0.2) is 0 Å². The van der Waals surface area contributed by atoms with Gasteiger partial charge in [0.05, 0.1) is 19.9 Å². The number of hydrogen-bond donors (Lipinski definition) is 1. The molecule has 1 unspecified atom stereocenters. The van der Waals surface area contributed by atoms with Gasteiger partial charge in [0.1, 0.15) is 17.1 Å². The highest BCUT2D eigenvalue weighted by molar-refractivity contribution is 5.98. The molecule has 174 valence electrons. The maximum Gasteiger partial charge on any atom is 0.257 e. The summed E-state index contributed by atoms with van der Waals surface area (Å²) in [4.78, 5) is 28.2. The van der Waals surface area contributed by atoms with E-state index < -0.39 is 0 Å². The number of hydrogen-bond acceptors (Lipinski definition) is 5. The van der Waals surface area contributed by atoms with Gasteiger partial charge in [-0.2, -0.15) is 0 Å². The number of allylic oxidation sites excluding steroid dienone is 2. The number of amides is 1. The highest BCUT2D eigenvalue weighted by atomic mass is 16.5. The molecule has 7 heteroatoms. The fourth-order valence-corrected chi connectivity index (χ4v) is 4.24. The zero-order valence-corrected chi connectivity index (χ0v) is 19.6. The molecule has 7 nitrogen and oxygen atoms in total. The summed E-state index contributed by atoms with van der Waals surface area (Å²) in [5.74, 6) is 1.30. The van der Waals surface area contributed by atoms with Crippen molar-refractivity contribution in [2.24, 2.45) is 5.92 Å². The third-order valence-electron chi connectivity index (χ3n) is 5.92. The summed E-state index contributed by atoms with van der Waals surface area (Å²) in [7, 11) is 1.49. The summed E-state index contributed by atoms with van der Waals surface area (Å²) in [6.07, 6.45) is 6.72. The average Bonchev–Trinajstić information content (AvgIpc) is 3.19. The Balaban J connectivity index is 1.74. The molecule has 2 aromatic rings. The van der Waals surface area contributed by atoms with E-state index >= 15 is 0 Å². The van der Waals surface area contributed by atoms with Crippen LogP contribution >= 0.6 is 0 Å². The second-order valence-electron chi connectivity index (χ2n) is 8.80. The fourth-order valence-electron chi connectivity index (χ4n) is 4.24. The summed E-state index contributed by atoms with van der Waals surface area (Å²) >= 11 is 0. The summed E-state index contributed by atoms with van der Waals surface area (Å²) in [6, 6.07) is 5.01. The first kappa shape index (κ1) is 23.9. The van der Waals surface area contributed by atoms with E-state index in [-0.39, 0.29) is 18.0 Å². The second-order valence-corrected chi connectivity index (χ2v) is 8.80. The number of nitrogens with zero attached hydrogens (tertiary/aromatic N) is 2. The van der Waals surface area contributed by atoms with Gasteiger partial charge in [0, 0.05) is 44.4 Å². The Bertz CT molecular complexity index is 987. The van der Waals surface area contributed by atoms with E-state index in [0.29, 0.717) is 36.0 Å². The number of ether oxygens (including phenoxy) is 1.